The average Bonchev–Trinajstić information content (AvgIpc) is 3.21. The van der Waals surface area contributed by atoms with E-state index in [9.17, 15) is 4.79 Å². The summed E-state index contributed by atoms with van der Waals surface area (Å²) >= 11 is 0. The lowest BCUT2D eigenvalue weighted by Gasteiger charge is -2.39. The number of rotatable bonds is 8. The highest BCUT2D eigenvalue weighted by molar-refractivity contribution is 5.82. The maximum absolute atomic E-state index is 12.6. The van der Waals surface area contributed by atoms with Gasteiger partial charge in [-0.25, -0.2) is 0 Å². The zero-order chi connectivity index (χ0) is 18.8. The number of aliphatic imine (C=N–C) groups is 1. The molecule has 2 aliphatic rings. The van der Waals surface area contributed by atoms with Crippen LogP contribution >= 0.6 is 0 Å². The molecule has 26 heavy (non-hydrogen) atoms. The Morgan fingerprint density at radius 1 is 1.04 bits per heavy atom. The summed E-state index contributed by atoms with van der Waals surface area (Å²) in [7, 11) is 3.47. The lowest BCUT2D eigenvalue weighted by Crippen LogP contribution is -2.57. The SMILES string of the molecule is CN=C(NCCOCCOC)N1CCN(C(C)C(=O)N2CCCC2)CC1. The average molecular weight is 370 g/mol. The fourth-order valence-electron chi connectivity index (χ4n) is 3.49. The van der Waals surface area contributed by atoms with E-state index in [1.165, 1.54) is 0 Å². The molecular formula is C18H35N5O3. The summed E-state index contributed by atoms with van der Waals surface area (Å²) < 4.78 is 10.4. The molecule has 1 N–H and O–H groups in total. The molecule has 0 aliphatic carbocycles. The number of methoxy groups -OCH3 is 1. The Kier molecular flexibility index (Phi) is 9.14. The molecule has 2 saturated heterocycles. The van der Waals surface area contributed by atoms with E-state index in [0.717, 1.165) is 64.6 Å². The van der Waals surface area contributed by atoms with Gasteiger partial charge in [-0.1, -0.05) is 0 Å². The van der Waals surface area contributed by atoms with Gasteiger partial charge in [0.15, 0.2) is 5.96 Å². The second kappa shape index (κ2) is 11.4. The van der Waals surface area contributed by atoms with E-state index in [0.29, 0.717) is 19.8 Å². The number of likely N-dealkylation sites (tertiary alicyclic amines) is 1. The first-order valence-corrected chi connectivity index (χ1v) is 9.72. The second-order valence-electron chi connectivity index (χ2n) is 6.81. The molecule has 0 spiro atoms. The van der Waals surface area contributed by atoms with Gasteiger partial charge in [0.1, 0.15) is 0 Å². The van der Waals surface area contributed by atoms with Crippen molar-refractivity contribution in [3.63, 3.8) is 0 Å². The minimum atomic E-state index is -0.0283. The van der Waals surface area contributed by atoms with E-state index in [1.54, 1.807) is 14.2 Å². The Balaban J connectivity index is 1.69. The van der Waals surface area contributed by atoms with Crippen LogP contribution in [0.2, 0.25) is 0 Å². The number of nitrogens with one attached hydrogen (secondary N) is 1. The van der Waals surface area contributed by atoms with E-state index in [4.69, 9.17) is 9.47 Å². The summed E-state index contributed by atoms with van der Waals surface area (Å²) in [6.45, 7) is 9.98. The van der Waals surface area contributed by atoms with Gasteiger partial charge in [0.25, 0.3) is 0 Å². The molecule has 0 bridgehead atoms. The summed E-state index contributed by atoms with van der Waals surface area (Å²) in [5, 5.41) is 3.34. The number of piperazine rings is 1. The Hall–Kier alpha value is -1.38. The zero-order valence-electron chi connectivity index (χ0n) is 16.6. The van der Waals surface area contributed by atoms with E-state index in [1.807, 2.05) is 11.8 Å². The van der Waals surface area contributed by atoms with Crippen molar-refractivity contribution >= 4 is 11.9 Å². The van der Waals surface area contributed by atoms with Gasteiger partial charge in [0.05, 0.1) is 25.9 Å². The van der Waals surface area contributed by atoms with Gasteiger partial charge in [0.2, 0.25) is 5.91 Å². The third-order valence-electron chi connectivity index (χ3n) is 5.11. The molecule has 1 unspecified atom stereocenters. The van der Waals surface area contributed by atoms with Crippen molar-refractivity contribution in [3.05, 3.63) is 0 Å². The molecule has 150 valence electrons. The summed E-state index contributed by atoms with van der Waals surface area (Å²) in [5.41, 5.74) is 0. The van der Waals surface area contributed by atoms with E-state index < -0.39 is 0 Å². The highest BCUT2D eigenvalue weighted by Gasteiger charge is 2.30. The minimum Gasteiger partial charge on any atom is -0.382 e. The van der Waals surface area contributed by atoms with Crippen molar-refractivity contribution in [1.82, 2.24) is 20.0 Å². The van der Waals surface area contributed by atoms with Crippen LogP contribution in [0.15, 0.2) is 4.99 Å². The summed E-state index contributed by atoms with van der Waals surface area (Å²) in [6.07, 6.45) is 2.28. The Bertz CT molecular complexity index is 446. The molecule has 2 heterocycles. The van der Waals surface area contributed by atoms with Gasteiger partial charge in [-0.05, 0) is 19.8 Å². The molecule has 0 aromatic rings. The number of carbonyl (C=O) groups is 1. The van der Waals surface area contributed by atoms with E-state index >= 15 is 0 Å². The lowest BCUT2D eigenvalue weighted by molar-refractivity contribution is -0.135. The van der Waals surface area contributed by atoms with Crippen molar-refractivity contribution < 1.29 is 14.3 Å². The number of amides is 1. The third-order valence-corrected chi connectivity index (χ3v) is 5.11. The van der Waals surface area contributed by atoms with E-state index in [2.05, 4.69) is 20.1 Å². The summed E-state index contributed by atoms with van der Waals surface area (Å²) in [4.78, 5) is 23.5. The van der Waals surface area contributed by atoms with Crippen LogP contribution in [-0.4, -0.2) is 112 Å². The molecule has 2 aliphatic heterocycles. The van der Waals surface area contributed by atoms with Crippen LogP contribution in [0, 0.1) is 0 Å². The van der Waals surface area contributed by atoms with Crippen LogP contribution < -0.4 is 5.32 Å². The van der Waals surface area contributed by atoms with Crippen molar-refractivity contribution in [3.8, 4) is 0 Å². The van der Waals surface area contributed by atoms with Crippen LogP contribution in [0.4, 0.5) is 0 Å². The first-order chi connectivity index (χ1) is 12.7. The predicted molar refractivity (Wildman–Crippen MR) is 102 cm³/mol. The standard InChI is InChI=1S/C18H35N5O3/c1-16(17(24)22-7-4-5-8-22)21-9-11-23(12-10-21)18(19-2)20-6-13-26-15-14-25-3/h16H,4-15H2,1-3H3,(H,19,20). The van der Waals surface area contributed by atoms with Crippen LogP contribution in [0.3, 0.4) is 0 Å². The quantitative estimate of drug-likeness (QED) is 0.365. The molecule has 2 rings (SSSR count). The van der Waals surface area contributed by atoms with Crippen LogP contribution in [0.25, 0.3) is 0 Å². The fraction of sp³-hybridized carbons (Fsp3) is 0.889. The van der Waals surface area contributed by atoms with Crippen LogP contribution in [0.5, 0.6) is 0 Å². The van der Waals surface area contributed by atoms with E-state index in [-0.39, 0.29) is 11.9 Å². The molecule has 1 amide bonds. The molecule has 0 radical (unpaired) electrons. The lowest BCUT2D eigenvalue weighted by atomic mass is 10.2. The highest BCUT2D eigenvalue weighted by Crippen LogP contribution is 2.14. The maximum atomic E-state index is 12.6. The van der Waals surface area contributed by atoms with Gasteiger partial charge in [0, 0.05) is 60.0 Å². The van der Waals surface area contributed by atoms with Gasteiger partial charge >= 0.3 is 0 Å². The number of ether oxygens (including phenoxy) is 2. The molecule has 8 nitrogen and oxygen atoms in total. The number of nitrogens with zero attached hydrogens (tertiary/aromatic N) is 4. The molecule has 2 fully saturated rings. The van der Waals surface area contributed by atoms with Crippen molar-refractivity contribution in [2.45, 2.75) is 25.8 Å². The molecule has 0 aromatic heterocycles. The minimum absolute atomic E-state index is 0.0283. The maximum Gasteiger partial charge on any atom is 0.239 e. The van der Waals surface area contributed by atoms with Crippen molar-refractivity contribution in [1.29, 1.82) is 0 Å². The monoisotopic (exact) mass is 369 g/mol. The largest absolute Gasteiger partial charge is 0.382 e. The highest BCUT2D eigenvalue weighted by atomic mass is 16.5. The first kappa shape index (κ1) is 20.9. The molecule has 8 heteroatoms. The number of carbonyl (C=O) groups excluding carboxylic acids is 1. The predicted octanol–water partition coefficient (Wildman–Crippen LogP) is -0.147. The second-order valence-corrected chi connectivity index (χ2v) is 6.81. The van der Waals surface area contributed by atoms with Crippen molar-refractivity contribution in [2.75, 3.05) is 79.8 Å². The normalized spacial score (nSPS) is 20.5. The van der Waals surface area contributed by atoms with Crippen LogP contribution in [-0.2, 0) is 14.3 Å². The molecule has 0 aromatic carbocycles. The zero-order valence-corrected chi connectivity index (χ0v) is 16.6. The number of hydrogen-bond donors (Lipinski definition) is 1. The van der Waals surface area contributed by atoms with Crippen LogP contribution in [0.1, 0.15) is 19.8 Å². The smallest absolute Gasteiger partial charge is 0.239 e. The number of guanidine groups is 1. The molecule has 1 atom stereocenters. The van der Waals surface area contributed by atoms with Gasteiger partial charge in [-0.15, -0.1) is 0 Å². The fourth-order valence-corrected chi connectivity index (χ4v) is 3.49. The Morgan fingerprint density at radius 2 is 1.73 bits per heavy atom. The third kappa shape index (κ3) is 6.10. The number of hydrogen-bond acceptors (Lipinski definition) is 5. The Morgan fingerprint density at radius 3 is 2.35 bits per heavy atom. The van der Waals surface area contributed by atoms with Crippen molar-refractivity contribution in [2.24, 2.45) is 4.99 Å². The summed E-state index contributed by atoms with van der Waals surface area (Å²) in [6, 6.07) is -0.0283. The Labute approximate surface area is 157 Å². The summed E-state index contributed by atoms with van der Waals surface area (Å²) in [5.74, 6) is 1.19. The molecule has 0 saturated carbocycles. The first-order valence-electron chi connectivity index (χ1n) is 9.72. The van der Waals surface area contributed by atoms with Gasteiger partial charge in [-0.2, -0.15) is 0 Å². The van der Waals surface area contributed by atoms with Gasteiger partial charge < -0.3 is 24.6 Å². The van der Waals surface area contributed by atoms with Gasteiger partial charge in [-0.3, -0.25) is 14.7 Å². The molecular weight excluding hydrogens is 334 g/mol. The topological polar surface area (TPSA) is 69.6 Å².